The molecule has 0 aromatic heterocycles. The van der Waals surface area contributed by atoms with Gasteiger partial charge in [-0.2, -0.15) is 0 Å². The Morgan fingerprint density at radius 3 is 2.58 bits per heavy atom. The highest BCUT2D eigenvalue weighted by Gasteiger charge is 2.50. The van der Waals surface area contributed by atoms with Gasteiger partial charge in [-0.1, -0.05) is 53.2 Å². The Morgan fingerprint density at radius 1 is 1.27 bits per heavy atom. The molecule has 0 saturated heterocycles. The largest absolute Gasteiger partial charge is 0.375 e. The van der Waals surface area contributed by atoms with Crippen molar-refractivity contribution < 1.29 is 14.7 Å². The number of fused-ring (bicyclic) bond motifs is 1. The summed E-state index contributed by atoms with van der Waals surface area (Å²) in [5, 5.41) is 11.2. The predicted octanol–water partition coefficient (Wildman–Crippen LogP) is 4.00. The third-order valence-electron chi connectivity index (χ3n) is 4.71. The molecule has 2 aromatic carbocycles. The van der Waals surface area contributed by atoms with Crippen LogP contribution in [0.4, 0.5) is 5.69 Å². The zero-order valence-electron chi connectivity index (χ0n) is 14.5. The van der Waals surface area contributed by atoms with Gasteiger partial charge < -0.3 is 10.0 Å². The second kappa shape index (κ2) is 7.17. The number of rotatable bonds is 6. The Hall–Kier alpha value is -2.24. The highest BCUT2D eigenvalue weighted by molar-refractivity contribution is 9.10. The molecular formula is C21H20BrNO3. The van der Waals surface area contributed by atoms with Crippen LogP contribution in [0.25, 0.3) is 0 Å². The fraction of sp³-hybridized carbons (Fsp3) is 0.238. The number of aliphatic hydroxyl groups is 1. The molecule has 0 radical (unpaired) electrons. The standard InChI is InChI=1S/C21H20BrNO3/c1-3-11-23-18-10-9-16(22)12-17(18)21(26,20(23)25)13-19(24)15-7-5-14(4-2)6-8-15/h3,5-10,12,26H,1,4,11,13H2,2H3/t21-/m0/s1. The molecule has 1 amide bonds. The molecule has 0 saturated carbocycles. The first-order chi connectivity index (χ1) is 12.4. The second-order valence-corrected chi connectivity index (χ2v) is 7.29. The molecule has 0 spiro atoms. The summed E-state index contributed by atoms with van der Waals surface area (Å²) in [7, 11) is 0. The zero-order chi connectivity index (χ0) is 18.9. The SMILES string of the molecule is C=CCN1C(=O)[C@](O)(CC(=O)c2ccc(CC)cc2)c2cc(Br)ccc21. The maximum atomic E-state index is 12.9. The van der Waals surface area contributed by atoms with E-state index in [1.54, 1.807) is 36.4 Å². The van der Waals surface area contributed by atoms with Crippen molar-refractivity contribution >= 4 is 33.3 Å². The number of hydrogen-bond acceptors (Lipinski definition) is 3. The summed E-state index contributed by atoms with van der Waals surface area (Å²) in [6, 6.07) is 12.5. The molecule has 134 valence electrons. The van der Waals surface area contributed by atoms with E-state index in [1.165, 1.54) is 4.90 Å². The Bertz CT molecular complexity index is 875. The molecular weight excluding hydrogens is 394 g/mol. The average molecular weight is 414 g/mol. The lowest BCUT2D eigenvalue weighted by Crippen LogP contribution is -2.41. The van der Waals surface area contributed by atoms with Gasteiger partial charge in [0.25, 0.3) is 5.91 Å². The summed E-state index contributed by atoms with van der Waals surface area (Å²) < 4.78 is 0.739. The molecule has 0 aliphatic carbocycles. The number of carbonyl (C=O) groups excluding carboxylic acids is 2. The van der Waals surface area contributed by atoms with Crippen molar-refractivity contribution in [1.82, 2.24) is 0 Å². The van der Waals surface area contributed by atoms with Crippen LogP contribution in [0, 0.1) is 0 Å². The average Bonchev–Trinajstić information content (AvgIpc) is 2.84. The Morgan fingerprint density at radius 2 is 1.96 bits per heavy atom. The zero-order valence-corrected chi connectivity index (χ0v) is 16.1. The van der Waals surface area contributed by atoms with Gasteiger partial charge in [-0.3, -0.25) is 9.59 Å². The number of aryl methyl sites for hydroxylation is 1. The smallest absolute Gasteiger partial charge is 0.264 e. The number of carbonyl (C=O) groups is 2. The monoisotopic (exact) mass is 413 g/mol. The van der Waals surface area contributed by atoms with Gasteiger partial charge in [0.1, 0.15) is 0 Å². The number of ketones is 1. The minimum absolute atomic E-state index is 0.269. The van der Waals surface area contributed by atoms with Crippen molar-refractivity contribution in [2.45, 2.75) is 25.4 Å². The molecule has 26 heavy (non-hydrogen) atoms. The van der Waals surface area contributed by atoms with E-state index in [9.17, 15) is 14.7 Å². The molecule has 2 aromatic rings. The van der Waals surface area contributed by atoms with E-state index in [2.05, 4.69) is 22.5 Å². The molecule has 0 bridgehead atoms. The lowest BCUT2D eigenvalue weighted by atomic mass is 9.88. The highest BCUT2D eigenvalue weighted by Crippen LogP contribution is 2.44. The van der Waals surface area contributed by atoms with E-state index in [1.807, 2.05) is 19.1 Å². The van der Waals surface area contributed by atoms with Gasteiger partial charge in [0.2, 0.25) is 0 Å². The van der Waals surface area contributed by atoms with Gasteiger partial charge in [0.15, 0.2) is 11.4 Å². The molecule has 0 fully saturated rings. The van der Waals surface area contributed by atoms with Crippen molar-refractivity contribution in [2.75, 3.05) is 11.4 Å². The maximum Gasteiger partial charge on any atom is 0.264 e. The number of anilines is 1. The van der Waals surface area contributed by atoms with Crippen molar-refractivity contribution in [3.8, 4) is 0 Å². The van der Waals surface area contributed by atoms with Crippen molar-refractivity contribution in [2.24, 2.45) is 0 Å². The Kier molecular flexibility index (Phi) is 5.12. The van der Waals surface area contributed by atoms with Gasteiger partial charge in [-0.15, -0.1) is 6.58 Å². The van der Waals surface area contributed by atoms with Gasteiger partial charge in [-0.05, 0) is 30.2 Å². The summed E-state index contributed by atoms with van der Waals surface area (Å²) in [6.45, 7) is 5.98. The number of halogens is 1. The number of nitrogens with zero attached hydrogens (tertiary/aromatic N) is 1. The number of Topliss-reactive ketones (excluding diaryl/α,β-unsaturated/α-hetero) is 1. The van der Waals surface area contributed by atoms with E-state index in [0.717, 1.165) is 16.5 Å². The first-order valence-corrected chi connectivity index (χ1v) is 9.27. The molecule has 1 aliphatic rings. The summed E-state index contributed by atoms with van der Waals surface area (Å²) in [5.74, 6) is -0.765. The van der Waals surface area contributed by atoms with Crippen molar-refractivity contribution in [3.63, 3.8) is 0 Å². The first-order valence-electron chi connectivity index (χ1n) is 8.48. The van der Waals surface area contributed by atoms with Gasteiger partial charge in [-0.25, -0.2) is 0 Å². The van der Waals surface area contributed by atoms with E-state index in [0.29, 0.717) is 16.8 Å². The van der Waals surface area contributed by atoms with Crippen LogP contribution in [-0.2, 0) is 16.8 Å². The van der Waals surface area contributed by atoms with Gasteiger partial charge in [0.05, 0.1) is 12.1 Å². The minimum atomic E-state index is -1.87. The van der Waals surface area contributed by atoms with Crippen LogP contribution >= 0.6 is 15.9 Å². The summed E-state index contributed by atoms with van der Waals surface area (Å²) >= 11 is 3.38. The third kappa shape index (κ3) is 3.13. The molecule has 1 N–H and O–H groups in total. The van der Waals surface area contributed by atoms with Gasteiger partial charge in [0, 0.05) is 22.1 Å². The molecule has 1 aliphatic heterocycles. The minimum Gasteiger partial charge on any atom is -0.375 e. The van der Waals surface area contributed by atoms with E-state index in [-0.39, 0.29) is 18.7 Å². The highest BCUT2D eigenvalue weighted by atomic mass is 79.9. The molecule has 4 nitrogen and oxygen atoms in total. The Labute approximate surface area is 161 Å². The summed E-state index contributed by atoms with van der Waals surface area (Å²) in [6.07, 6.45) is 2.18. The molecule has 1 heterocycles. The fourth-order valence-electron chi connectivity index (χ4n) is 3.26. The maximum absolute atomic E-state index is 12.9. The van der Waals surface area contributed by atoms with Crippen LogP contribution in [0.1, 0.15) is 34.8 Å². The normalized spacial score (nSPS) is 18.7. The topological polar surface area (TPSA) is 57.6 Å². The van der Waals surface area contributed by atoms with Crippen LogP contribution in [0.2, 0.25) is 0 Å². The third-order valence-corrected chi connectivity index (χ3v) is 5.20. The van der Waals surface area contributed by atoms with Crippen LogP contribution in [0.15, 0.2) is 59.6 Å². The van der Waals surface area contributed by atoms with Crippen LogP contribution in [-0.4, -0.2) is 23.3 Å². The molecule has 5 heteroatoms. The molecule has 0 unspecified atom stereocenters. The van der Waals surface area contributed by atoms with Gasteiger partial charge >= 0.3 is 0 Å². The fourth-order valence-corrected chi connectivity index (χ4v) is 3.63. The Balaban J connectivity index is 1.97. The summed E-state index contributed by atoms with van der Waals surface area (Å²) in [4.78, 5) is 27.1. The quantitative estimate of drug-likeness (QED) is 0.574. The number of hydrogen-bond donors (Lipinski definition) is 1. The van der Waals surface area contributed by atoms with E-state index in [4.69, 9.17) is 0 Å². The molecule has 1 atom stereocenters. The lowest BCUT2D eigenvalue weighted by molar-refractivity contribution is -0.135. The second-order valence-electron chi connectivity index (χ2n) is 6.38. The lowest BCUT2D eigenvalue weighted by Gasteiger charge is -2.22. The van der Waals surface area contributed by atoms with Crippen molar-refractivity contribution in [1.29, 1.82) is 0 Å². The van der Waals surface area contributed by atoms with E-state index >= 15 is 0 Å². The summed E-state index contributed by atoms with van der Waals surface area (Å²) in [5.41, 5.74) is 0.792. The predicted molar refractivity (Wildman–Crippen MR) is 105 cm³/mol. The number of amides is 1. The van der Waals surface area contributed by atoms with Crippen LogP contribution in [0.3, 0.4) is 0 Å². The van der Waals surface area contributed by atoms with Crippen LogP contribution in [0.5, 0.6) is 0 Å². The first kappa shape index (κ1) is 18.5. The number of benzene rings is 2. The van der Waals surface area contributed by atoms with Crippen molar-refractivity contribution in [3.05, 3.63) is 76.3 Å². The van der Waals surface area contributed by atoms with E-state index < -0.39 is 11.5 Å². The molecule has 3 rings (SSSR count). The van der Waals surface area contributed by atoms with Crippen LogP contribution < -0.4 is 4.90 Å².